The molecule has 2 heteroatoms. The SMILES string of the molecule is CCC1CCCC1NCCc1sccc1C. The predicted molar refractivity (Wildman–Crippen MR) is 72.2 cm³/mol. The zero-order valence-corrected chi connectivity index (χ0v) is 11.3. The molecule has 0 amide bonds. The van der Waals surface area contributed by atoms with Crippen LogP contribution in [-0.4, -0.2) is 12.6 Å². The smallest absolute Gasteiger partial charge is 0.00953 e. The molecule has 0 radical (unpaired) electrons. The Balaban J connectivity index is 1.74. The first-order chi connectivity index (χ1) is 7.81. The van der Waals surface area contributed by atoms with Crippen LogP contribution >= 0.6 is 11.3 Å². The largest absolute Gasteiger partial charge is 0.313 e. The summed E-state index contributed by atoms with van der Waals surface area (Å²) in [5.74, 6) is 0.935. The number of hydrogen-bond acceptors (Lipinski definition) is 2. The molecule has 0 spiro atoms. The molecule has 1 saturated carbocycles. The van der Waals surface area contributed by atoms with E-state index in [1.807, 2.05) is 11.3 Å². The second kappa shape index (κ2) is 5.83. The van der Waals surface area contributed by atoms with Crippen molar-refractivity contribution < 1.29 is 0 Å². The van der Waals surface area contributed by atoms with E-state index in [9.17, 15) is 0 Å². The fourth-order valence-corrected chi connectivity index (χ4v) is 3.74. The van der Waals surface area contributed by atoms with Crippen LogP contribution in [0.2, 0.25) is 0 Å². The highest BCUT2D eigenvalue weighted by Crippen LogP contribution is 2.28. The van der Waals surface area contributed by atoms with Gasteiger partial charge < -0.3 is 5.32 Å². The van der Waals surface area contributed by atoms with Crippen LogP contribution in [0.3, 0.4) is 0 Å². The van der Waals surface area contributed by atoms with Gasteiger partial charge in [-0.15, -0.1) is 11.3 Å². The molecule has 1 nitrogen and oxygen atoms in total. The number of thiophene rings is 1. The van der Waals surface area contributed by atoms with E-state index in [0.717, 1.165) is 18.5 Å². The van der Waals surface area contributed by atoms with Gasteiger partial charge in [0.15, 0.2) is 0 Å². The molecule has 1 heterocycles. The lowest BCUT2D eigenvalue weighted by molar-refractivity contribution is 0.393. The van der Waals surface area contributed by atoms with Crippen molar-refractivity contribution in [3.05, 3.63) is 21.9 Å². The van der Waals surface area contributed by atoms with Crippen molar-refractivity contribution in [3.8, 4) is 0 Å². The fourth-order valence-electron chi connectivity index (χ4n) is 2.83. The second-order valence-corrected chi connectivity index (χ2v) is 5.94. The third-order valence-corrected chi connectivity index (χ3v) is 4.99. The minimum Gasteiger partial charge on any atom is -0.313 e. The van der Waals surface area contributed by atoms with Crippen molar-refractivity contribution in [1.82, 2.24) is 5.32 Å². The quantitative estimate of drug-likeness (QED) is 0.822. The molecule has 16 heavy (non-hydrogen) atoms. The second-order valence-electron chi connectivity index (χ2n) is 4.94. The molecule has 2 atom stereocenters. The van der Waals surface area contributed by atoms with E-state index in [0.29, 0.717) is 0 Å². The molecule has 90 valence electrons. The third-order valence-electron chi connectivity index (χ3n) is 3.91. The summed E-state index contributed by atoms with van der Waals surface area (Å²) in [6.07, 6.45) is 6.80. The normalized spacial score (nSPS) is 25.1. The molecule has 2 rings (SSSR count). The van der Waals surface area contributed by atoms with E-state index in [1.165, 1.54) is 37.7 Å². The molecule has 0 aromatic carbocycles. The van der Waals surface area contributed by atoms with Gasteiger partial charge in [-0.1, -0.05) is 19.8 Å². The number of aryl methyl sites for hydroxylation is 1. The highest BCUT2D eigenvalue weighted by molar-refractivity contribution is 7.10. The van der Waals surface area contributed by atoms with Crippen molar-refractivity contribution in [2.75, 3.05) is 6.54 Å². The molecule has 0 bridgehead atoms. The van der Waals surface area contributed by atoms with E-state index in [2.05, 4.69) is 30.6 Å². The Morgan fingerprint density at radius 3 is 3.00 bits per heavy atom. The van der Waals surface area contributed by atoms with E-state index in [1.54, 1.807) is 4.88 Å². The topological polar surface area (TPSA) is 12.0 Å². The number of rotatable bonds is 5. The van der Waals surface area contributed by atoms with E-state index < -0.39 is 0 Å². The molecule has 1 aromatic rings. The van der Waals surface area contributed by atoms with Crippen LogP contribution in [0, 0.1) is 12.8 Å². The van der Waals surface area contributed by atoms with Crippen LogP contribution in [0.1, 0.15) is 43.0 Å². The zero-order valence-electron chi connectivity index (χ0n) is 10.5. The Morgan fingerprint density at radius 1 is 1.44 bits per heavy atom. The molecule has 1 aliphatic carbocycles. The van der Waals surface area contributed by atoms with Crippen LogP contribution in [-0.2, 0) is 6.42 Å². The Labute approximate surface area is 103 Å². The standard InChI is InChI=1S/C14H23NS/c1-3-12-5-4-6-13(12)15-9-7-14-11(2)8-10-16-14/h8,10,12-13,15H,3-7,9H2,1-2H3. The first-order valence-corrected chi connectivity index (χ1v) is 7.45. The van der Waals surface area contributed by atoms with Crippen LogP contribution < -0.4 is 5.32 Å². The summed E-state index contributed by atoms with van der Waals surface area (Å²) in [5.41, 5.74) is 1.46. The van der Waals surface area contributed by atoms with Crippen LogP contribution in [0.25, 0.3) is 0 Å². The molecule has 1 aromatic heterocycles. The molecule has 1 aliphatic rings. The summed E-state index contributed by atoms with van der Waals surface area (Å²) < 4.78 is 0. The Kier molecular flexibility index (Phi) is 4.42. The molecule has 2 unspecified atom stereocenters. The molecule has 0 aliphatic heterocycles. The highest BCUT2D eigenvalue weighted by atomic mass is 32.1. The Bertz CT molecular complexity index is 318. The van der Waals surface area contributed by atoms with Gasteiger partial charge in [-0.05, 0) is 49.1 Å². The van der Waals surface area contributed by atoms with Gasteiger partial charge in [-0.25, -0.2) is 0 Å². The lowest BCUT2D eigenvalue weighted by atomic mass is 10.0. The lowest BCUT2D eigenvalue weighted by Crippen LogP contribution is -2.33. The minimum absolute atomic E-state index is 0.797. The Hall–Kier alpha value is -0.340. The van der Waals surface area contributed by atoms with Gasteiger partial charge in [-0.3, -0.25) is 0 Å². The zero-order chi connectivity index (χ0) is 11.4. The summed E-state index contributed by atoms with van der Waals surface area (Å²) in [6.45, 7) is 5.70. The van der Waals surface area contributed by atoms with Crippen molar-refractivity contribution in [1.29, 1.82) is 0 Å². The van der Waals surface area contributed by atoms with Crippen molar-refractivity contribution >= 4 is 11.3 Å². The summed E-state index contributed by atoms with van der Waals surface area (Å²) in [6, 6.07) is 3.02. The summed E-state index contributed by atoms with van der Waals surface area (Å²) in [4.78, 5) is 1.55. The van der Waals surface area contributed by atoms with Crippen molar-refractivity contribution in [2.45, 2.75) is 52.0 Å². The monoisotopic (exact) mass is 237 g/mol. The van der Waals surface area contributed by atoms with Gasteiger partial charge in [0.2, 0.25) is 0 Å². The van der Waals surface area contributed by atoms with Crippen molar-refractivity contribution in [2.24, 2.45) is 5.92 Å². The van der Waals surface area contributed by atoms with Gasteiger partial charge in [0.1, 0.15) is 0 Å². The molecular weight excluding hydrogens is 214 g/mol. The van der Waals surface area contributed by atoms with E-state index in [4.69, 9.17) is 0 Å². The first kappa shape index (κ1) is 12.1. The molecule has 1 fully saturated rings. The maximum Gasteiger partial charge on any atom is 0.00953 e. The van der Waals surface area contributed by atoms with Gasteiger partial charge >= 0.3 is 0 Å². The lowest BCUT2D eigenvalue weighted by Gasteiger charge is -2.19. The van der Waals surface area contributed by atoms with Crippen LogP contribution in [0.15, 0.2) is 11.4 Å². The minimum atomic E-state index is 0.797. The molecular formula is C14H23NS. The van der Waals surface area contributed by atoms with Gasteiger partial charge in [0.05, 0.1) is 0 Å². The van der Waals surface area contributed by atoms with Crippen LogP contribution in [0.4, 0.5) is 0 Å². The van der Waals surface area contributed by atoms with Crippen LogP contribution in [0.5, 0.6) is 0 Å². The number of hydrogen-bond donors (Lipinski definition) is 1. The van der Waals surface area contributed by atoms with Crippen molar-refractivity contribution in [3.63, 3.8) is 0 Å². The maximum atomic E-state index is 3.75. The summed E-state index contributed by atoms with van der Waals surface area (Å²) in [5, 5.41) is 5.96. The average molecular weight is 237 g/mol. The van der Waals surface area contributed by atoms with E-state index in [-0.39, 0.29) is 0 Å². The Morgan fingerprint density at radius 2 is 2.31 bits per heavy atom. The molecule has 1 N–H and O–H groups in total. The van der Waals surface area contributed by atoms with Gasteiger partial charge in [0.25, 0.3) is 0 Å². The maximum absolute atomic E-state index is 3.75. The fraction of sp³-hybridized carbons (Fsp3) is 0.714. The summed E-state index contributed by atoms with van der Waals surface area (Å²) >= 11 is 1.90. The van der Waals surface area contributed by atoms with Gasteiger partial charge in [-0.2, -0.15) is 0 Å². The van der Waals surface area contributed by atoms with Gasteiger partial charge in [0, 0.05) is 17.5 Å². The number of nitrogens with one attached hydrogen (secondary N) is 1. The molecule has 0 saturated heterocycles. The average Bonchev–Trinajstić information content (AvgIpc) is 2.88. The van der Waals surface area contributed by atoms with E-state index >= 15 is 0 Å². The third kappa shape index (κ3) is 2.86. The highest BCUT2D eigenvalue weighted by Gasteiger charge is 2.24. The summed E-state index contributed by atoms with van der Waals surface area (Å²) in [7, 11) is 0. The predicted octanol–water partition coefficient (Wildman–Crippen LogP) is 3.77. The first-order valence-electron chi connectivity index (χ1n) is 6.57.